The Balaban J connectivity index is 1.97. The number of rotatable bonds is 6. The van der Waals surface area contributed by atoms with Crippen LogP contribution in [0, 0.1) is 0 Å². The van der Waals surface area contributed by atoms with Crippen LogP contribution in [0.15, 0.2) is 24.3 Å². The molecule has 0 unspecified atom stereocenters. The summed E-state index contributed by atoms with van der Waals surface area (Å²) in [6.45, 7) is 0. The van der Waals surface area contributed by atoms with E-state index >= 15 is 0 Å². The van der Waals surface area contributed by atoms with Crippen molar-refractivity contribution in [1.82, 2.24) is 5.32 Å². The number of hydrogen-bond donors (Lipinski definition) is 1. The number of nitrogens with one attached hydrogen (secondary N) is 1. The van der Waals surface area contributed by atoms with Gasteiger partial charge in [0, 0.05) is 18.4 Å². The van der Waals surface area contributed by atoms with Gasteiger partial charge in [0.2, 0.25) is 0 Å². The lowest BCUT2D eigenvalue weighted by molar-refractivity contribution is -0.120. The maximum absolute atomic E-state index is 12.4. The molecule has 20 heavy (non-hydrogen) atoms. The highest BCUT2D eigenvalue weighted by molar-refractivity contribution is 5.82. The Morgan fingerprint density at radius 2 is 2.05 bits per heavy atom. The molecule has 1 fully saturated rings. The molecule has 1 aromatic rings. The summed E-state index contributed by atoms with van der Waals surface area (Å²) in [7, 11) is 3.64. The topological polar surface area (TPSA) is 38.3 Å². The van der Waals surface area contributed by atoms with Crippen molar-refractivity contribution in [1.29, 1.82) is 0 Å². The van der Waals surface area contributed by atoms with Gasteiger partial charge in [-0.3, -0.25) is 4.79 Å². The van der Waals surface area contributed by atoms with E-state index in [4.69, 9.17) is 4.74 Å². The van der Waals surface area contributed by atoms with Gasteiger partial charge in [-0.05, 0) is 37.6 Å². The van der Waals surface area contributed by atoms with Gasteiger partial charge in [0.15, 0.2) is 0 Å². The van der Waals surface area contributed by atoms with Gasteiger partial charge < -0.3 is 10.1 Å². The summed E-state index contributed by atoms with van der Waals surface area (Å²) in [5.74, 6) is 1.13. The van der Waals surface area contributed by atoms with Gasteiger partial charge >= 0.3 is 0 Å². The molecule has 1 aromatic carbocycles. The van der Waals surface area contributed by atoms with Crippen molar-refractivity contribution in [3.8, 4) is 5.75 Å². The molecular weight excluding hydrogens is 250 g/mol. The summed E-state index contributed by atoms with van der Waals surface area (Å²) in [5.41, 5.74) is 1.07. The molecule has 1 N–H and O–H groups in total. The number of ketones is 1. The average molecular weight is 275 g/mol. The van der Waals surface area contributed by atoms with Crippen LogP contribution in [0.5, 0.6) is 5.75 Å². The van der Waals surface area contributed by atoms with Gasteiger partial charge in [-0.25, -0.2) is 0 Å². The van der Waals surface area contributed by atoms with E-state index in [-0.39, 0.29) is 5.54 Å². The van der Waals surface area contributed by atoms with Crippen LogP contribution >= 0.6 is 0 Å². The third kappa shape index (κ3) is 3.83. The van der Waals surface area contributed by atoms with Gasteiger partial charge in [0.05, 0.1) is 7.11 Å². The molecule has 0 aliphatic heterocycles. The molecule has 0 spiro atoms. The van der Waals surface area contributed by atoms with Crippen molar-refractivity contribution in [3.63, 3.8) is 0 Å². The first kappa shape index (κ1) is 15.0. The van der Waals surface area contributed by atoms with Gasteiger partial charge in [0.25, 0.3) is 0 Å². The minimum atomic E-state index is 0.0359. The first-order valence-corrected chi connectivity index (χ1v) is 7.51. The molecule has 0 radical (unpaired) electrons. The van der Waals surface area contributed by atoms with Gasteiger partial charge in [-0.2, -0.15) is 0 Å². The van der Waals surface area contributed by atoms with Crippen molar-refractivity contribution >= 4 is 5.78 Å². The number of methoxy groups -OCH3 is 1. The monoisotopic (exact) mass is 275 g/mol. The third-order valence-electron chi connectivity index (χ3n) is 4.41. The second-order valence-electron chi connectivity index (χ2n) is 5.83. The number of carbonyl (C=O) groups excluding carboxylic acids is 1. The van der Waals surface area contributed by atoms with E-state index in [1.54, 1.807) is 7.11 Å². The van der Waals surface area contributed by atoms with E-state index in [9.17, 15) is 4.79 Å². The maximum Gasteiger partial charge on any atom is 0.139 e. The van der Waals surface area contributed by atoms with Crippen molar-refractivity contribution in [2.75, 3.05) is 14.2 Å². The Labute approximate surface area is 121 Å². The molecule has 0 atom stereocenters. The zero-order chi connectivity index (χ0) is 14.4. The molecule has 0 heterocycles. The Morgan fingerprint density at radius 3 is 2.70 bits per heavy atom. The molecular formula is C17H25NO2. The second kappa shape index (κ2) is 6.89. The largest absolute Gasteiger partial charge is 0.497 e. The zero-order valence-corrected chi connectivity index (χ0v) is 12.6. The SMILES string of the molecule is CNC1(CC(=O)Cc2cccc(OC)c2)CCCCC1. The number of Topliss-reactive ketones (excluding diaryl/α,β-unsaturated/α-hetero) is 1. The lowest BCUT2D eigenvalue weighted by Gasteiger charge is -2.36. The maximum atomic E-state index is 12.4. The Morgan fingerprint density at radius 1 is 1.30 bits per heavy atom. The van der Waals surface area contributed by atoms with Crippen molar-refractivity contribution < 1.29 is 9.53 Å². The van der Waals surface area contributed by atoms with E-state index in [0.717, 1.165) is 24.2 Å². The zero-order valence-electron chi connectivity index (χ0n) is 12.6. The number of hydrogen-bond acceptors (Lipinski definition) is 3. The summed E-state index contributed by atoms with van der Waals surface area (Å²) in [5, 5.41) is 3.41. The Kier molecular flexibility index (Phi) is 5.18. The molecule has 1 aliphatic rings. The van der Waals surface area contributed by atoms with Crippen LogP contribution in [-0.4, -0.2) is 25.5 Å². The van der Waals surface area contributed by atoms with Crippen molar-refractivity contribution in [2.24, 2.45) is 0 Å². The fourth-order valence-corrected chi connectivity index (χ4v) is 3.19. The lowest BCUT2D eigenvalue weighted by atomic mass is 9.78. The van der Waals surface area contributed by atoms with E-state index in [1.165, 1.54) is 19.3 Å². The fourth-order valence-electron chi connectivity index (χ4n) is 3.19. The van der Waals surface area contributed by atoms with E-state index in [0.29, 0.717) is 18.6 Å². The summed E-state index contributed by atoms with van der Waals surface area (Å²) in [6.07, 6.45) is 7.14. The summed E-state index contributed by atoms with van der Waals surface area (Å²) in [4.78, 5) is 12.4. The molecule has 110 valence electrons. The van der Waals surface area contributed by atoms with Crippen molar-refractivity contribution in [2.45, 2.75) is 50.5 Å². The number of benzene rings is 1. The van der Waals surface area contributed by atoms with Crippen molar-refractivity contribution in [3.05, 3.63) is 29.8 Å². The highest BCUT2D eigenvalue weighted by Gasteiger charge is 2.32. The van der Waals surface area contributed by atoms with Crippen LogP contribution in [0.4, 0.5) is 0 Å². The second-order valence-corrected chi connectivity index (χ2v) is 5.83. The Hall–Kier alpha value is -1.35. The van der Waals surface area contributed by atoms with Crippen LogP contribution in [0.3, 0.4) is 0 Å². The third-order valence-corrected chi connectivity index (χ3v) is 4.41. The number of carbonyl (C=O) groups is 1. The highest BCUT2D eigenvalue weighted by Crippen LogP contribution is 2.31. The molecule has 0 bridgehead atoms. The summed E-state index contributed by atoms with van der Waals surface area (Å²) < 4.78 is 5.20. The van der Waals surface area contributed by atoms with Gasteiger partial charge in [0.1, 0.15) is 11.5 Å². The van der Waals surface area contributed by atoms with Gasteiger partial charge in [-0.15, -0.1) is 0 Å². The average Bonchev–Trinajstić information content (AvgIpc) is 2.48. The molecule has 0 aromatic heterocycles. The van der Waals surface area contributed by atoms with Gasteiger partial charge in [-0.1, -0.05) is 31.4 Å². The smallest absolute Gasteiger partial charge is 0.139 e. The Bertz CT molecular complexity index is 450. The van der Waals surface area contributed by atoms with Crippen LogP contribution < -0.4 is 10.1 Å². The fraction of sp³-hybridized carbons (Fsp3) is 0.588. The van der Waals surface area contributed by atoms with E-state index < -0.39 is 0 Å². The minimum absolute atomic E-state index is 0.0359. The molecule has 1 aliphatic carbocycles. The molecule has 0 saturated heterocycles. The molecule has 3 nitrogen and oxygen atoms in total. The summed E-state index contributed by atoms with van der Waals surface area (Å²) >= 11 is 0. The number of ether oxygens (including phenoxy) is 1. The first-order valence-electron chi connectivity index (χ1n) is 7.51. The molecule has 2 rings (SSSR count). The van der Waals surface area contributed by atoms with E-state index in [1.807, 2.05) is 31.3 Å². The molecule has 3 heteroatoms. The highest BCUT2D eigenvalue weighted by atomic mass is 16.5. The van der Waals surface area contributed by atoms with Crippen LogP contribution in [-0.2, 0) is 11.2 Å². The quantitative estimate of drug-likeness (QED) is 0.867. The first-order chi connectivity index (χ1) is 9.67. The van der Waals surface area contributed by atoms with Crippen LogP contribution in [0.25, 0.3) is 0 Å². The van der Waals surface area contributed by atoms with Crippen LogP contribution in [0.1, 0.15) is 44.1 Å². The predicted octanol–water partition coefficient (Wildman–Crippen LogP) is 3.12. The minimum Gasteiger partial charge on any atom is -0.497 e. The lowest BCUT2D eigenvalue weighted by Crippen LogP contribution is -2.46. The predicted molar refractivity (Wildman–Crippen MR) is 81.2 cm³/mol. The summed E-state index contributed by atoms with van der Waals surface area (Å²) in [6, 6.07) is 7.79. The molecule has 1 saturated carbocycles. The normalized spacial score (nSPS) is 17.7. The molecule has 0 amide bonds. The van der Waals surface area contributed by atoms with Crippen LogP contribution in [0.2, 0.25) is 0 Å². The van der Waals surface area contributed by atoms with E-state index in [2.05, 4.69) is 5.32 Å². The standard InChI is InChI=1S/C17H25NO2/c1-18-17(9-4-3-5-10-17)13-15(19)11-14-7-6-8-16(12-14)20-2/h6-8,12,18H,3-5,9-11,13H2,1-2H3.